The predicted molar refractivity (Wildman–Crippen MR) is 125 cm³/mol. The van der Waals surface area contributed by atoms with Crippen LogP contribution in [0.25, 0.3) is 34.2 Å². The minimum Gasteiger partial charge on any atom is -0.480 e. The fourth-order valence-electron chi connectivity index (χ4n) is 4.45. The Labute approximate surface area is 190 Å². The van der Waals surface area contributed by atoms with Crippen LogP contribution < -0.4 is 9.47 Å². The van der Waals surface area contributed by atoms with E-state index in [1.807, 2.05) is 43.3 Å². The van der Waals surface area contributed by atoms with Crippen molar-refractivity contribution in [3.63, 3.8) is 0 Å². The quantitative estimate of drug-likeness (QED) is 0.433. The summed E-state index contributed by atoms with van der Waals surface area (Å²) in [6.07, 6.45) is 5.87. The van der Waals surface area contributed by atoms with Crippen LogP contribution in [-0.4, -0.2) is 57.0 Å². The molecule has 1 atom stereocenters. The van der Waals surface area contributed by atoms with Crippen LogP contribution in [0.4, 0.5) is 0 Å². The number of aromatic nitrogens is 4. The van der Waals surface area contributed by atoms with Gasteiger partial charge in [-0.2, -0.15) is 10.2 Å². The molecule has 1 fully saturated rings. The molecule has 1 saturated heterocycles. The van der Waals surface area contributed by atoms with Crippen molar-refractivity contribution in [3.05, 3.63) is 59.4 Å². The highest BCUT2D eigenvalue weighted by Crippen LogP contribution is 2.32. The van der Waals surface area contributed by atoms with Crippen LogP contribution in [0, 0.1) is 6.92 Å². The highest BCUT2D eigenvalue weighted by molar-refractivity contribution is 5.93. The second-order valence-electron chi connectivity index (χ2n) is 8.43. The first-order chi connectivity index (χ1) is 16.2. The van der Waals surface area contributed by atoms with E-state index in [1.54, 1.807) is 11.1 Å². The Bertz CT molecular complexity index is 1390. The fraction of sp³-hybridized carbons (Fsp3) is 0.240. The van der Waals surface area contributed by atoms with Crippen LogP contribution in [0.5, 0.6) is 11.6 Å². The standard InChI is InChI=1S/C25H23N5O3/c1-15-2-7-22-17(12-15)4-6-21-18-13-16(3-5-20(18)27-28-21)19-14-26-29-24(19)32-11-10-30-9-8-23(33-22)25(30)31/h2-7,12-14,23H,8-11H2,1H3,(H,26,29)(H,27,28)/b6-4+/t23-/m1/s1. The predicted octanol–water partition coefficient (Wildman–Crippen LogP) is 3.80. The van der Waals surface area contributed by atoms with Crippen molar-refractivity contribution in [2.45, 2.75) is 19.4 Å². The summed E-state index contributed by atoms with van der Waals surface area (Å²) < 4.78 is 12.2. The lowest BCUT2D eigenvalue weighted by Gasteiger charge is -2.18. The number of aryl methyl sites for hydroxylation is 1. The molecule has 4 heterocycles. The van der Waals surface area contributed by atoms with Gasteiger partial charge in [0, 0.05) is 23.9 Å². The minimum atomic E-state index is -0.495. The normalized spacial score (nSPS) is 19.0. The van der Waals surface area contributed by atoms with E-state index in [0.29, 0.717) is 37.7 Å². The maximum Gasteiger partial charge on any atom is 0.263 e. The maximum atomic E-state index is 12.9. The SMILES string of the molecule is Cc1ccc2c(c1)/C=C/c1n[nH]c3ccc(cc13)-c1cn[nH]c1OCCN1CC[C@@H](O2)C1=O. The number of aromatic amines is 2. The first-order valence-corrected chi connectivity index (χ1v) is 11.0. The number of nitrogens with one attached hydrogen (secondary N) is 2. The summed E-state index contributed by atoms with van der Waals surface area (Å²) >= 11 is 0. The molecule has 4 bridgehead atoms. The van der Waals surface area contributed by atoms with E-state index in [4.69, 9.17) is 9.47 Å². The van der Waals surface area contributed by atoms with Crippen molar-refractivity contribution >= 4 is 29.0 Å². The Morgan fingerprint density at radius 3 is 2.97 bits per heavy atom. The van der Waals surface area contributed by atoms with Crippen LogP contribution in [0.15, 0.2) is 42.6 Å². The van der Waals surface area contributed by atoms with Gasteiger partial charge in [0.15, 0.2) is 6.10 Å². The topological polar surface area (TPSA) is 96.1 Å². The number of hydrogen-bond acceptors (Lipinski definition) is 5. The van der Waals surface area contributed by atoms with Gasteiger partial charge in [0.1, 0.15) is 12.4 Å². The Morgan fingerprint density at radius 1 is 1.09 bits per heavy atom. The van der Waals surface area contributed by atoms with Crippen LogP contribution >= 0.6 is 0 Å². The zero-order chi connectivity index (χ0) is 22.4. The fourth-order valence-corrected chi connectivity index (χ4v) is 4.45. The van der Waals surface area contributed by atoms with Crippen LogP contribution in [0.1, 0.15) is 23.2 Å². The molecule has 2 N–H and O–H groups in total. The van der Waals surface area contributed by atoms with Gasteiger partial charge in [-0.25, -0.2) is 5.10 Å². The van der Waals surface area contributed by atoms with Gasteiger partial charge in [-0.1, -0.05) is 17.7 Å². The highest BCUT2D eigenvalue weighted by Gasteiger charge is 2.33. The number of rotatable bonds is 0. The third kappa shape index (κ3) is 3.53. The number of amides is 1. The Kier molecular flexibility index (Phi) is 4.64. The highest BCUT2D eigenvalue weighted by atomic mass is 16.5. The van der Waals surface area contributed by atoms with E-state index < -0.39 is 6.10 Å². The average molecular weight is 441 g/mol. The number of fused-ring (bicyclic) bond motifs is 6. The van der Waals surface area contributed by atoms with Crippen molar-refractivity contribution < 1.29 is 14.3 Å². The van der Waals surface area contributed by atoms with E-state index in [-0.39, 0.29) is 5.91 Å². The molecule has 6 rings (SSSR count). The molecule has 0 spiro atoms. The molecule has 0 unspecified atom stereocenters. The van der Waals surface area contributed by atoms with Crippen molar-refractivity contribution in [2.24, 2.45) is 0 Å². The molecule has 0 radical (unpaired) electrons. The van der Waals surface area contributed by atoms with E-state index in [1.165, 1.54) is 0 Å². The van der Waals surface area contributed by atoms with E-state index in [2.05, 4.69) is 32.5 Å². The van der Waals surface area contributed by atoms with Crippen LogP contribution in [-0.2, 0) is 4.79 Å². The first kappa shape index (κ1) is 19.6. The third-order valence-electron chi connectivity index (χ3n) is 6.22. The van der Waals surface area contributed by atoms with Gasteiger partial charge in [-0.15, -0.1) is 0 Å². The van der Waals surface area contributed by atoms with Crippen LogP contribution in [0.3, 0.4) is 0 Å². The first-order valence-electron chi connectivity index (χ1n) is 11.0. The summed E-state index contributed by atoms with van der Waals surface area (Å²) in [6.45, 7) is 3.54. The summed E-state index contributed by atoms with van der Waals surface area (Å²) in [7, 11) is 0. The second-order valence-corrected chi connectivity index (χ2v) is 8.43. The van der Waals surface area contributed by atoms with Crippen molar-refractivity contribution in [1.29, 1.82) is 0 Å². The smallest absolute Gasteiger partial charge is 0.263 e. The van der Waals surface area contributed by atoms with Gasteiger partial charge in [0.05, 0.1) is 29.5 Å². The summed E-state index contributed by atoms with van der Waals surface area (Å²) in [5, 5.41) is 15.7. The number of H-pyrrole nitrogens is 2. The van der Waals surface area contributed by atoms with Crippen molar-refractivity contribution in [1.82, 2.24) is 25.3 Å². The number of carbonyl (C=O) groups excluding carboxylic acids is 1. The van der Waals surface area contributed by atoms with Gasteiger partial charge < -0.3 is 14.4 Å². The molecular weight excluding hydrogens is 418 g/mol. The molecule has 33 heavy (non-hydrogen) atoms. The molecule has 8 heteroatoms. The monoisotopic (exact) mass is 441 g/mol. The third-order valence-corrected chi connectivity index (χ3v) is 6.22. The average Bonchev–Trinajstić information content (AvgIpc) is 3.53. The molecule has 166 valence electrons. The number of carbonyl (C=O) groups is 1. The summed E-state index contributed by atoms with van der Waals surface area (Å²) in [5.41, 5.74) is 5.64. The lowest BCUT2D eigenvalue weighted by molar-refractivity contribution is -0.133. The molecule has 4 aromatic rings. The van der Waals surface area contributed by atoms with E-state index in [0.717, 1.165) is 38.9 Å². The number of nitrogens with zero attached hydrogens (tertiary/aromatic N) is 3. The molecule has 2 aromatic carbocycles. The van der Waals surface area contributed by atoms with Crippen LogP contribution in [0.2, 0.25) is 0 Å². The Morgan fingerprint density at radius 2 is 2.03 bits per heavy atom. The lowest BCUT2D eigenvalue weighted by atomic mass is 10.0. The Hall–Kier alpha value is -4.07. The number of ether oxygens (including phenoxy) is 2. The van der Waals surface area contributed by atoms with Crippen molar-refractivity contribution in [3.8, 4) is 22.8 Å². The van der Waals surface area contributed by atoms with Gasteiger partial charge >= 0.3 is 0 Å². The molecule has 0 saturated carbocycles. The number of hydrogen-bond donors (Lipinski definition) is 2. The molecule has 0 aliphatic carbocycles. The zero-order valence-electron chi connectivity index (χ0n) is 18.2. The van der Waals surface area contributed by atoms with E-state index >= 15 is 0 Å². The summed E-state index contributed by atoms with van der Waals surface area (Å²) in [5.74, 6) is 1.27. The molecule has 2 aliphatic rings. The van der Waals surface area contributed by atoms with Gasteiger partial charge in [-0.05, 0) is 48.9 Å². The maximum absolute atomic E-state index is 12.9. The molecular formula is C25H23N5O3. The lowest BCUT2D eigenvalue weighted by Crippen LogP contribution is -2.35. The molecule has 2 aromatic heterocycles. The number of benzene rings is 2. The summed E-state index contributed by atoms with van der Waals surface area (Å²) in [6, 6.07) is 12.1. The molecule has 1 amide bonds. The molecule has 2 aliphatic heterocycles. The minimum absolute atomic E-state index is 0.0103. The largest absolute Gasteiger partial charge is 0.480 e. The van der Waals surface area contributed by atoms with Gasteiger partial charge in [-0.3, -0.25) is 9.89 Å². The Balaban J connectivity index is 1.47. The van der Waals surface area contributed by atoms with Crippen molar-refractivity contribution in [2.75, 3.05) is 19.7 Å². The zero-order valence-corrected chi connectivity index (χ0v) is 18.2. The van der Waals surface area contributed by atoms with Gasteiger partial charge in [0.2, 0.25) is 5.88 Å². The second kappa shape index (κ2) is 7.81. The van der Waals surface area contributed by atoms with E-state index in [9.17, 15) is 4.79 Å². The molecule has 8 nitrogen and oxygen atoms in total. The van der Waals surface area contributed by atoms with Gasteiger partial charge in [0.25, 0.3) is 5.91 Å². The summed E-state index contributed by atoms with van der Waals surface area (Å²) in [4.78, 5) is 14.7.